The van der Waals surface area contributed by atoms with Crippen LogP contribution in [0.2, 0.25) is 0 Å². The number of aryl methyl sites for hydroxylation is 1. The topological polar surface area (TPSA) is 26.3 Å². The highest BCUT2D eigenvalue weighted by Crippen LogP contribution is 2.07. The highest BCUT2D eigenvalue weighted by atomic mass is 16.5. The fourth-order valence-electron chi connectivity index (χ4n) is 1.71. The van der Waals surface area contributed by atoms with Crippen molar-refractivity contribution < 1.29 is 9.53 Å². The second-order valence-corrected chi connectivity index (χ2v) is 4.19. The van der Waals surface area contributed by atoms with Crippen molar-refractivity contribution in [2.45, 2.75) is 6.92 Å². The molecule has 2 aromatic rings. The summed E-state index contributed by atoms with van der Waals surface area (Å²) in [6.45, 7) is 2.03. The highest BCUT2D eigenvalue weighted by molar-refractivity contribution is 5.89. The number of hydrogen-bond donors (Lipinski definition) is 0. The Hall–Kier alpha value is -2.53. The van der Waals surface area contributed by atoms with E-state index in [1.807, 2.05) is 37.3 Å². The van der Waals surface area contributed by atoms with Gasteiger partial charge in [-0.2, -0.15) is 0 Å². The van der Waals surface area contributed by atoms with E-state index in [2.05, 4.69) is 16.6 Å². The molecule has 2 heteroatoms. The van der Waals surface area contributed by atoms with E-state index in [1.165, 1.54) is 12.7 Å². The molecule has 0 unspecified atom stereocenters. The molecule has 0 saturated heterocycles. The van der Waals surface area contributed by atoms with Crippen LogP contribution in [0.1, 0.15) is 27.0 Å². The summed E-state index contributed by atoms with van der Waals surface area (Å²) in [5, 5.41) is 0. The molecule has 19 heavy (non-hydrogen) atoms. The van der Waals surface area contributed by atoms with Gasteiger partial charge in [-0.25, -0.2) is 4.79 Å². The number of hydrogen-bond acceptors (Lipinski definition) is 2. The molecule has 0 heterocycles. The van der Waals surface area contributed by atoms with Gasteiger partial charge in [0.15, 0.2) is 0 Å². The summed E-state index contributed by atoms with van der Waals surface area (Å²) in [5.41, 5.74) is 3.45. The molecule has 0 N–H and O–H groups in total. The lowest BCUT2D eigenvalue weighted by Gasteiger charge is -1.98. The Balaban J connectivity index is 2.27. The predicted molar refractivity (Wildman–Crippen MR) is 74.9 cm³/mol. The van der Waals surface area contributed by atoms with E-state index in [0.717, 1.165) is 11.1 Å². The van der Waals surface area contributed by atoms with Gasteiger partial charge in [-0.1, -0.05) is 30.0 Å². The summed E-state index contributed by atoms with van der Waals surface area (Å²) in [5.74, 6) is 5.79. The molecule has 0 aliphatic heterocycles. The van der Waals surface area contributed by atoms with Gasteiger partial charge in [0.25, 0.3) is 0 Å². The second kappa shape index (κ2) is 5.88. The summed E-state index contributed by atoms with van der Waals surface area (Å²) in [6, 6.07) is 15.1. The van der Waals surface area contributed by atoms with Crippen LogP contribution in [0.3, 0.4) is 0 Å². The Labute approximate surface area is 113 Å². The van der Waals surface area contributed by atoms with Crippen molar-refractivity contribution in [3.8, 4) is 11.8 Å². The third-order valence-corrected chi connectivity index (χ3v) is 2.65. The van der Waals surface area contributed by atoms with Crippen molar-refractivity contribution in [2.75, 3.05) is 7.11 Å². The van der Waals surface area contributed by atoms with E-state index in [4.69, 9.17) is 0 Å². The number of methoxy groups -OCH3 is 1. The summed E-state index contributed by atoms with van der Waals surface area (Å²) in [7, 11) is 1.37. The quantitative estimate of drug-likeness (QED) is 0.574. The van der Waals surface area contributed by atoms with Crippen molar-refractivity contribution in [1.29, 1.82) is 0 Å². The summed E-state index contributed by atoms with van der Waals surface area (Å²) in [4.78, 5) is 11.4. The van der Waals surface area contributed by atoms with Crippen molar-refractivity contribution in [2.24, 2.45) is 0 Å². The Bertz CT molecular complexity index is 660. The lowest BCUT2D eigenvalue weighted by Crippen LogP contribution is -2.00. The molecule has 0 aliphatic carbocycles. The molecular formula is C17H14O2. The number of rotatable bonds is 1. The molecule has 0 spiro atoms. The van der Waals surface area contributed by atoms with Gasteiger partial charge in [0.05, 0.1) is 12.7 Å². The molecule has 94 valence electrons. The van der Waals surface area contributed by atoms with Gasteiger partial charge >= 0.3 is 5.97 Å². The van der Waals surface area contributed by atoms with Crippen LogP contribution < -0.4 is 0 Å². The molecule has 0 aliphatic rings. The monoisotopic (exact) mass is 250 g/mol. The number of esters is 1. The standard InChI is InChI=1S/C17H14O2/c1-13-5-3-6-14(11-13)9-10-15-7-4-8-16(12-15)17(18)19-2/h3-8,11-12H,1-2H3. The largest absolute Gasteiger partial charge is 0.465 e. The first kappa shape index (κ1) is 12.9. The second-order valence-electron chi connectivity index (χ2n) is 4.19. The van der Waals surface area contributed by atoms with Crippen LogP contribution in [0.5, 0.6) is 0 Å². The van der Waals surface area contributed by atoms with Gasteiger partial charge in [-0.15, -0.1) is 0 Å². The third-order valence-electron chi connectivity index (χ3n) is 2.65. The third kappa shape index (κ3) is 3.46. The molecule has 2 rings (SSSR count). The van der Waals surface area contributed by atoms with Crippen LogP contribution >= 0.6 is 0 Å². The Morgan fingerprint density at radius 2 is 1.63 bits per heavy atom. The molecule has 2 aromatic carbocycles. The van der Waals surface area contributed by atoms with Crippen LogP contribution in [0, 0.1) is 18.8 Å². The van der Waals surface area contributed by atoms with E-state index in [-0.39, 0.29) is 5.97 Å². The molecule has 0 radical (unpaired) electrons. The number of carbonyl (C=O) groups is 1. The fraction of sp³-hybridized carbons (Fsp3) is 0.118. The van der Waals surface area contributed by atoms with Crippen molar-refractivity contribution in [3.63, 3.8) is 0 Å². The summed E-state index contributed by atoms with van der Waals surface area (Å²) >= 11 is 0. The zero-order valence-electron chi connectivity index (χ0n) is 10.9. The maximum absolute atomic E-state index is 11.4. The van der Waals surface area contributed by atoms with Crippen LogP contribution in [0.4, 0.5) is 0 Å². The average molecular weight is 250 g/mol. The van der Waals surface area contributed by atoms with E-state index in [0.29, 0.717) is 5.56 Å². The first-order valence-electron chi connectivity index (χ1n) is 5.96. The maximum Gasteiger partial charge on any atom is 0.337 e. The van der Waals surface area contributed by atoms with Crippen molar-refractivity contribution >= 4 is 5.97 Å². The maximum atomic E-state index is 11.4. The molecule has 0 saturated carbocycles. The number of ether oxygens (including phenoxy) is 1. The van der Waals surface area contributed by atoms with Gasteiger partial charge in [-0.05, 0) is 42.8 Å². The van der Waals surface area contributed by atoms with Gasteiger partial charge < -0.3 is 4.74 Å². The Morgan fingerprint density at radius 1 is 1.00 bits per heavy atom. The predicted octanol–water partition coefficient (Wildman–Crippen LogP) is 3.18. The minimum atomic E-state index is -0.348. The molecule has 0 fully saturated rings. The fourth-order valence-corrected chi connectivity index (χ4v) is 1.71. The molecular weight excluding hydrogens is 236 g/mol. The van der Waals surface area contributed by atoms with E-state index < -0.39 is 0 Å². The number of benzene rings is 2. The van der Waals surface area contributed by atoms with Gasteiger partial charge in [0.2, 0.25) is 0 Å². The zero-order valence-corrected chi connectivity index (χ0v) is 10.9. The normalized spacial score (nSPS) is 9.37. The van der Waals surface area contributed by atoms with Gasteiger partial charge in [0.1, 0.15) is 0 Å². The highest BCUT2D eigenvalue weighted by Gasteiger charge is 2.04. The van der Waals surface area contributed by atoms with Crippen LogP contribution in [-0.2, 0) is 4.74 Å². The van der Waals surface area contributed by atoms with E-state index >= 15 is 0 Å². The van der Waals surface area contributed by atoms with Crippen molar-refractivity contribution in [3.05, 3.63) is 70.8 Å². The minimum absolute atomic E-state index is 0.348. The zero-order chi connectivity index (χ0) is 13.7. The van der Waals surface area contributed by atoms with Crippen LogP contribution in [0.25, 0.3) is 0 Å². The SMILES string of the molecule is COC(=O)c1cccc(C#Cc2cccc(C)c2)c1. The smallest absolute Gasteiger partial charge is 0.337 e. The van der Waals surface area contributed by atoms with Crippen molar-refractivity contribution in [1.82, 2.24) is 0 Å². The Kier molecular flexibility index (Phi) is 4.00. The lowest BCUT2D eigenvalue weighted by atomic mass is 10.1. The molecule has 2 nitrogen and oxygen atoms in total. The van der Waals surface area contributed by atoms with E-state index in [1.54, 1.807) is 18.2 Å². The first-order chi connectivity index (χ1) is 9.19. The molecule has 0 atom stereocenters. The molecule has 0 amide bonds. The average Bonchev–Trinajstić information content (AvgIpc) is 2.45. The summed E-state index contributed by atoms with van der Waals surface area (Å²) in [6.07, 6.45) is 0. The van der Waals surface area contributed by atoms with E-state index in [9.17, 15) is 4.79 Å². The van der Waals surface area contributed by atoms with Gasteiger partial charge in [0, 0.05) is 11.1 Å². The first-order valence-corrected chi connectivity index (χ1v) is 5.96. The van der Waals surface area contributed by atoms with Crippen LogP contribution in [0.15, 0.2) is 48.5 Å². The molecule has 0 aromatic heterocycles. The Morgan fingerprint density at radius 3 is 2.26 bits per heavy atom. The lowest BCUT2D eigenvalue weighted by molar-refractivity contribution is 0.0600. The van der Waals surface area contributed by atoms with Gasteiger partial charge in [-0.3, -0.25) is 0 Å². The number of carbonyl (C=O) groups excluding carboxylic acids is 1. The minimum Gasteiger partial charge on any atom is -0.465 e. The summed E-state index contributed by atoms with van der Waals surface area (Å²) < 4.78 is 4.68. The van der Waals surface area contributed by atoms with Crippen LogP contribution in [-0.4, -0.2) is 13.1 Å². The molecule has 0 bridgehead atoms.